The fourth-order valence-electron chi connectivity index (χ4n) is 5.67. The first-order valence-electron chi connectivity index (χ1n) is 13.4. The molecule has 36 heavy (non-hydrogen) atoms. The average molecular weight is 476 g/mol. The highest BCUT2D eigenvalue weighted by molar-refractivity contribution is 5.97. The summed E-state index contributed by atoms with van der Waals surface area (Å²) in [6.07, 6.45) is 5.41. The van der Waals surface area contributed by atoms with Crippen LogP contribution in [-0.4, -0.2) is 33.9 Å². The van der Waals surface area contributed by atoms with Crippen molar-refractivity contribution in [3.63, 3.8) is 0 Å². The van der Waals surface area contributed by atoms with Gasteiger partial charge in [-0.2, -0.15) is 0 Å². The van der Waals surface area contributed by atoms with Crippen molar-refractivity contribution in [3.05, 3.63) is 95.7 Å². The standard InChI is InChI=1S/C32H33N3O/c1-22-20-26(22)12-15-29-31(25-10-6-3-7-11-25)34-28-14-13-27(21-30(28)33-29)32(36)35-18-16-24(17-19-35)23-8-4-2-5-9-23/h2-11,13-14,21-22,24,26H,12,15-20H2,1H3. The molecule has 1 aliphatic carbocycles. The van der Waals surface area contributed by atoms with Gasteiger partial charge in [-0.05, 0) is 73.6 Å². The van der Waals surface area contributed by atoms with Crippen molar-refractivity contribution in [2.75, 3.05) is 13.1 Å². The van der Waals surface area contributed by atoms with Gasteiger partial charge < -0.3 is 4.90 Å². The monoisotopic (exact) mass is 475 g/mol. The summed E-state index contributed by atoms with van der Waals surface area (Å²) in [7, 11) is 0. The van der Waals surface area contributed by atoms with Crippen LogP contribution in [0.3, 0.4) is 0 Å². The number of carbonyl (C=O) groups excluding carboxylic acids is 1. The largest absolute Gasteiger partial charge is 0.339 e. The van der Waals surface area contributed by atoms with Gasteiger partial charge in [-0.3, -0.25) is 4.79 Å². The summed E-state index contributed by atoms with van der Waals surface area (Å²) in [5, 5.41) is 0. The Balaban J connectivity index is 1.24. The SMILES string of the molecule is CC1CC1CCc1nc2cc(C(=O)N3CCC(c4ccccc4)CC3)ccc2nc1-c1ccccc1. The molecule has 2 heterocycles. The van der Waals surface area contributed by atoms with Gasteiger partial charge in [0.25, 0.3) is 5.91 Å². The molecule has 0 bridgehead atoms. The van der Waals surface area contributed by atoms with Crippen molar-refractivity contribution < 1.29 is 4.79 Å². The minimum atomic E-state index is 0.103. The number of amides is 1. The maximum absolute atomic E-state index is 13.4. The van der Waals surface area contributed by atoms with E-state index in [-0.39, 0.29) is 5.91 Å². The Morgan fingerprint density at radius 2 is 1.58 bits per heavy atom. The van der Waals surface area contributed by atoms with E-state index in [1.807, 2.05) is 29.2 Å². The Kier molecular flexibility index (Phi) is 6.27. The predicted octanol–water partition coefficient (Wildman–Crippen LogP) is 6.91. The van der Waals surface area contributed by atoms with Crippen LogP contribution in [0.4, 0.5) is 0 Å². The number of aromatic nitrogens is 2. The van der Waals surface area contributed by atoms with Gasteiger partial charge in [0.1, 0.15) is 0 Å². The summed E-state index contributed by atoms with van der Waals surface area (Å²) in [4.78, 5) is 25.5. The van der Waals surface area contributed by atoms with Gasteiger partial charge in [-0.1, -0.05) is 67.6 Å². The number of nitrogens with zero attached hydrogens (tertiary/aromatic N) is 3. The fraction of sp³-hybridized carbons (Fsp3) is 0.344. The summed E-state index contributed by atoms with van der Waals surface area (Å²) in [5.41, 5.74) is 6.87. The zero-order chi connectivity index (χ0) is 24.5. The van der Waals surface area contributed by atoms with Gasteiger partial charge in [-0.25, -0.2) is 9.97 Å². The third-order valence-corrected chi connectivity index (χ3v) is 8.11. The Morgan fingerprint density at radius 1 is 0.889 bits per heavy atom. The molecule has 4 heteroatoms. The molecule has 0 spiro atoms. The van der Waals surface area contributed by atoms with Crippen molar-refractivity contribution in [2.24, 2.45) is 11.8 Å². The molecule has 1 amide bonds. The molecule has 2 fully saturated rings. The molecular weight excluding hydrogens is 442 g/mol. The zero-order valence-corrected chi connectivity index (χ0v) is 20.9. The van der Waals surface area contributed by atoms with Crippen LogP contribution >= 0.6 is 0 Å². The number of rotatable bonds is 6. The van der Waals surface area contributed by atoms with E-state index in [9.17, 15) is 4.79 Å². The van der Waals surface area contributed by atoms with Gasteiger partial charge in [0.05, 0.1) is 22.4 Å². The van der Waals surface area contributed by atoms with Crippen LogP contribution in [0.5, 0.6) is 0 Å². The molecule has 1 saturated carbocycles. The fourth-order valence-corrected chi connectivity index (χ4v) is 5.67. The Hall–Kier alpha value is -3.53. The van der Waals surface area contributed by atoms with Crippen LogP contribution < -0.4 is 0 Å². The molecule has 0 radical (unpaired) electrons. The van der Waals surface area contributed by atoms with Crippen LogP contribution in [0, 0.1) is 11.8 Å². The summed E-state index contributed by atoms with van der Waals surface area (Å²) in [6.45, 7) is 3.91. The topological polar surface area (TPSA) is 46.1 Å². The highest BCUT2D eigenvalue weighted by Crippen LogP contribution is 2.41. The summed E-state index contributed by atoms with van der Waals surface area (Å²) >= 11 is 0. The van der Waals surface area contributed by atoms with E-state index in [0.717, 1.165) is 78.6 Å². The van der Waals surface area contributed by atoms with Crippen molar-refractivity contribution in [1.29, 1.82) is 0 Å². The smallest absolute Gasteiger partial charge is 0.253 e. The van der Waals surface area contributed by atoms with E-state index in [1.54, 1.807) is 0 Å². The summed E-state index contributed by atoms with van der Waals surface area (Å²) in [5.74, 6) is 2.27. The molecular formula is C32H33N3O. The molecule has 0 N–H and O–H groups in total. The first kappa shape index (κ1) is 22.9. The summed E-state index contributed by atoms with van der Waals surface area (Å²) in [6, 6.07) is 26.9. The molecule has 6 rings (SSSR count). The van der Waals surface area contributed by atoms with Crippen molar-refractivity contribution >= 4 is 16.9 Å². The van der Waals surface area contributed by atoms with Gasteiger partial charge >= 0.3 is 0 Å². The number of carbonyl (C=O) groups is 1. The third-order valence-electron chi connectivity index (χ3n) is 8.11. The van der Waals surface area contributed by atoms with Gasteiger partial charge in [0.15, 0.2) is 0 Å². The quantitative estimate of drug-likeness (QED) is 0.304. The maximum Gasteiger partial charge on any atom is 0.253 e. The van der Waals surface area contributed by atoms with E-state index in [1.165, 1.54) is 12.0 Å². The minimum absolute atomic E-state index is 0.103. The minimum Gasteiger partial charge on any atom is -0.339 e. The van der Waals surface area contributed by atoms with Gasteiger partial charge in [0.2, 0.25) is 0 Å². The van der Waals surface area contributed by atoms with E-state index < -0.39 is 0 Å². The van der Waals surface area contributed by atoms with Crippen LogP contribution in [0.1, 0.15) is 60.1 Å². The molecule has 4 nitrogen and oxygen atoms in total. The lowest BCUT2D eigenvalue weighted by Gasteiger charge is -2.32. The zero-order valence-electron chi connectivity index (χ0n) is 20.9. The van der Waals surface area contributed by atoms with Crippen LogP contribution in [0.15, 0.2) is 78.9 Å². The molecule has 182 valence electrons. The lowest BCUT2D eigenvalue weighted by Crippen LogP contribution is -2.37. The van der Waals surface area contributed by atoms with E-state index in [2.05, 4.69) is 61.5 Å². The molecule has 2 aliphatic rings. The third kappa shape index (κ3) is 4.77. The first-order chi connectivity index (χ1) is 17.7. The van der Waals surface area contributed by atoms with E-state index >= 15 is 0 Å². The maximum atomic E-state index is 13.4. The van der Waals surface area contributed by atoms with Crippen molar-refractivity contribution in [1.82, 2.24) is 14.9 Å². The second-order valence-corrected chi connectivity index (χ2v) is 10.6. The first-order valence-corrected chi connectivity index (χ1v) is 13.4. The number of hydrogen-bond acceptors (Lipinski definition) is 3. The predicted molar refractivity (Wildman–Crippen MR) is 145 cm³/mol. The normalized spacial score (nSPS) is 20.0. The van der Waals surface area contributed by atoms with Gasteiger partial charge in [0, 0.05) is 24.2 Å². The lowest BCUT2D eigenvalue weighted by atomic mass is 9.89. The molecule has 2 unspecified atom stereocenters. The second kappa shape index (κ2) is 9.85. The number of fused-ring (bicyclic) bond motifs is 1. The van der Waals surface area contributed by atoms with Gasteiger partial charge in [-0.15, -0.1) is 0 Å². The number of piperidine rings is 1. The number of hydrogen-bond donors (Lipinski definition) is 0. The highest BCUT2D eigenvalue weighted by Gasteiger charge is 2.32. The molecule has 2 atom stereocenters. The number of likely N-dealkylation sites (tertiary alicyclic amines) is 1. The van der Waals surface area contributed by atoms with Crippen molar-refractivity contribution in [3.8, 4) is 11.3 Å². The second-order valence-electron chi connectivity index (χ2n) is 10.6. The molecule has 3 aromatic carbocycles. The van der Waals surface area contributed by atoms with Crippen LogP contribution in [-0.2, 0) is 6.42 Å². The highest BCUT2D eigenvalue weighted by atomic mass is 16.2. The van der Waals surface area contributed by atoms with Crippen LogP contribution in [0.25, 0.3) is 22.3 Å². The number of aryl methyl sites for hydroxylation is 1. The van der Waals surface area contributed by atoms with E-state index in [0.29, 0.717) is 11.5 Å². The Morgan fingerprint density at radius 3 is 2.28 bits per heavy atom. The molecule has 1 aromatic heterocycles. The number of benzene rings is 3. The van der Waals surface area contributed by atoms with Crippen LogP contribution in [0.2, 0.25) is 0 Å². The summed E-state index contributed by atoms with van der Waals surface area (Å²) < 4.78 is 0. The Labute approximate surface area is 213 Å². The molecule has 1 saturated heterocycles. The molecule has 4 aromatic rings. The Bertz CT molecular complexity index is 1360. The lowest BCUT2D eigenvalue weighted by molar-refractivity contribution is 0.0713. The molecule has 1 aliphatic heterocycles. The van der Waals surface area contributed by atoms with E-state index in [4.69, 9.17) is 9.97 Å². The van der Waals surface area contributed by atoms with Crippen molar-refractivity contribution in [2.45, 2.75) is 44.9 Å². The average Bonchev–Trinajstić information content (AvgIpc) is 3.66.